The summed E-state index contributed by atoms with van der Waals surface area (Å²) in [6.07, 6.45) is 1.20. The van der Waals surface area contributed by atoms with Gasteiger partial charge in [0.1, 0.15) is 6.20 Å². The smallest absolute Gasteiger partial charge is 0.358 e. The molecule has 0 N–H and O–H groups in total. The van der Waals surface area contributed by atoms with E-state index in [1.165, 1.54) is 10.7 Å². The third kappa shape index (κ3) is 1.12. The molecule has 0 spiro atoms. The van der Waals surface area contributed by atoms with Gasteiger partial charge in [-0.3, -0.25) is 0 Å². The third-order valence-corrected chi connectivity index (χ3v) is 1.66. The molecule has 0 bridgehead atoms. The van der Waals surface area contributed by atoms with Crippen molar-refractivity contribution in [1.29, 1.82) is 0 Å². The van der Waals surface area contributed by atoms with Gasteiger partial charge < -0.3 is 10.1 Å². The van der Waals surface area contributed by atoms with Crippen molar-refractivity contribution < 1.29 is 4.92 Å². The van der Waals surface area contributed by atoms with Crippen molar-refractivity contribution in [1.82, 2.24) is 14.6 Å². The molecular formula is C7H6N4O2. The highest BCUT2D eigenvalue weighted by Gasteiger charge is 2.14. The van der Waals surface area contributed by atoms with Gasteiger partial charge in [0.15, 0.2) is 0 Å². The van der Waals surface area contributed by atoms with Crippen LogP contribution in [0.5, 0.6) is 0 Å². The second-order valence-corrected chi connectivity index (χ2v) is 2.62. The maximum absolute atomic E-state index is 10.5. The van der Waals surface area contributed by atoms with Crippen LogP contribution in [0, 0.1) is 17.0 Å². The van der Waals surface area contributed by atoms with E-state index < -0.39 is 4.92 Å². The zero-order valence-corrected chi connectivity index (χ0v) is 6.84. The van der Waals surface area contributed by atoms with Crippen molar-refractivity contribution in [3.63, 3.8) is 0 Å². The monoisotopic (exact) mass is 178 g/mol. The number of rotatable bonds is 1. The first-order valence-corrected chi connectivity index (χ1v) is 3.64. The molecule has 2 aromatic heterocycles. The van der Waals surface area contributed by atoms with Gasteiger partial charge in [-0.1, -0.05) is 9.61 Å². The number of nitrogens with zero attached hydrogens (tertiary/aromatic N) is 4. The summed E-state index contributed by atoms with van der Waals surface area (Å²) >= 11 is 0. The highest BCUT2D eigenvalue weighted by molar-refractivity contribution is 5.42. The lowest BCUT2D eigenvalue weighted by Crippen LogP contribution is -1.98. The van der Waals surface area contributed by atoms with Crippen LogP contribution in [0.3, 0.4) is 0 Å². The van der Waals surface area contributed by atoms with Crippen molar-refractivity contribution in [2.45, 2.75) is 6.92 Å². The van der Waals surface area contributed by atoms with E-state index in [2.05, 4.69) is 10.1 Å². The predicted octanol–water partition coefficient (Wildman–Crippen LogP) is 0.946. The molecule has 2 aromatic rings. The van der Waals surface area contributed by atoms with Crippen LogP contribution in [-0.2, 0) is 0 Å². The Morgan fingerprint density at radius 2 is 2.31 bits per heavy atom. The largest absolute Gasteiger partial charge is 0.368 e. The van der Waals surface area contributed by atoms with E-state index in [9.17, 15) is 10.1 Å². The van der Waals surface area contributed by atoms with E-state index >= 15 is 0 Å². The molecule has 0 aliphatic rings. The number of hydrogen-bond acceptors (Lipinski definition) is 4. The lowest BCUT2D eigenvalue weighted by Gasteiger charge is -1.91. The first-order chi connectivity index (χ1) is 6.18. The Kier molecular flexibility index (Phi) is 1.48. The first kappa shape index (κ1) is 7.66. The van der Waals surface area contributed by atoms with Crippen molar-refractivity contribution >= 4 is 11.5 Å². The molecule has 0 atom stereocenters. The minimum absolute atomic E-state index is 0.112. The molecule has 0 saturated carbocycles. The Balaban J connectivity index is 2.79. The molecule has 0 radical (unpaired) electrons. The minimum Gasteiger partial charge on any atom is -0.358 e. The van der Waals surface area contributed by atoms with Gasteiger partial charge in [-0.15, -0.1) is 0 Å². The number of nitro groups is 1. The topological polar surface area (TPSA) is 73.3 Å². The molecule has 0 fully saturated rings. The zero-order chi connectivity index (χ0) is 9.42. The molecule has 13 heavy (non-hydrogen) atoms. The van der Waals surface area contributed by atoms with Crippen LogP contribution in [0.1, 0.15) is 5.69 Å². The fourth-order valence-corrected chi connectivity index (χ4v) is 1.08. The highest BCUT2D eigenvalue weighted by Crippen LogP contribution is 2.12. The zero-order valence-electron chi connectivity index (χ0n) is 6.84. The van der Waals surface area contributed by atoms with E-state index in [-0.39, 0.29) is 5.82 Å². The molecule has 6 nitrogen and oxygen atoms in total. The Morgan fingerprint density at radius 1 is 1.54 bits per heavy atom. The quantitative estimate of drug-likeness (QED) is 0.481. The summed E-state index contributed by atoms with van der Waals surface area (Å²) in [5, 5.41) is 14.5. The number of aromatic nitrogens is 3. The average molecular weight is 178 g/mol. The Labute approximate surface area is 73.0 Å². The van der Waals surface area contributed by atoms with E-state index in [0.29, 0.717) is 11.3 Å². The number of aryl methyl sites for hydroxylation is 1. The molecule has 66 valence electrons. The lowest BCUT2D eigenvalue weighted by molar-refractivity contribution is -0.391. The van der Waals surface area contributed by atoms with Crippen molar-refractivity contribution in [2.24, 2.45) is 0 Å². The second-order valence-electron chi connectivity index (χ2n) is 2.62. The lowest BCUT2D eigenvalue weighted by atomic mass is 10.4. The molecule has 0 saturated heterocycles. The van der Waals surface area contributed by atoms with Crippen LogP contribution in [0.4, 0.5) is 5.82 Å². The third-order valence-electron chi connectivity index (χ3n) is 1.66. The van der Waals surface area contributed by atoms with Crippen LogP contribution in [0.15, 0.2) is 18.3 Å². The van der Waals surface area contributed by atoms with Gasteiger partial charge in [0, 0.05) is 6.07 Å². The summed E-state index contributed by atoms with van der Waals surface area (Å²) in [5.41, 5.74) is 1.20. The molecule has 0 unspecified atom stereocenters. The molecule has 0 aliphatic carbocycles. The van der Waals surface area contributed by atoms with Gasteiger partial charge in [-0.2, -0.15) is 0 Å². The Morgan fingerprint density at radius 3 is 3.00 bits per heavy atom. The SMILES string of the molecule is Cc1ccc2ncc([N+](=O)[O-])n2n1. The molecule has 2 heterocycles. The molecule has 0 amide bonds. The number of imidazole rings is 1. The molecule has 2 rings (SSSR count). The summed E-state index contributed by atoms with van der Waals surface area (Å²) in [5.74, 6) is -0.112. The van der Waals surface area contributed by atoms with Gasteiger partial charge in [0.2, 0.25) is 5.65 Å². The fraction of sp³-hybridized carbons (Fsp3) is 0.143. The summed E-state index contributed by atoms with van der Waals surface area (Å²) in [4.78, 5) is 13.8. The molecule has 6 heteroatoms. The Bertz CT molecular complexity index is 476. The minimum atomic E-state index is -0.508. The summed E-state index contributed by atoms with van der Waals surface area (Å²) < 4.78 is 1.22. The summed E-state index contributed by atoms with van der Waals surface area (Å²) in [6, 6.07) is 3.45. The van der Waals surface area contributed by atoms with Crippen LogP contribution in [0.25, 0.3) is 5.65 Å². The van der Waals surface area contributed by atoms with E-state index in [4.69, 9.17) is 0 Å². The number of fused-ring (bicyclic) bond motifs is 1. The predicted molar refractivity (Wildman–Crippen MR) is 44.4 cm³/mol. The summed E-state index contributed by atoms with van der Waals surface area (Å²) in [6.45, 7) is 1.77. The van der Waals surface area contributed by atoms with Gasteiger partial charge in [-0.25, -0.2) is 4.98 Å². The first-order valence-electron chi connectivity index (χ1n) is 3.64. The molecule has 0 aromatic carbocycles. The average Bonchev–Trinajstić information content (AvgIpc) is 2.46. The van der Waals surface area contributed by atoms with Crippen molar-refractivity contribution in [3.05, 3.63) is 34.1 Å². The van der Waals surface area contributed by atoms with Crippen LogP contribution >= 0.6 is 0 Å². The van der Waals surface area contributed by atoms with Crippen LogP contribution < -0.4 is 0 Å². The number of hydrogen-bond donors (Lipinski definition) is 0. The van der Waals surface area contributed by atoms with E-state index in [1.807, 2.05) is 0 Å². The van der Waals surface area contributed by atoms with Crippen molar-refractivity contribution in [3.8, 4) is 0 Å². The van der Waals surface area contributed by atoms with Gasteiger partial charge in [-0.05, 0) is 17.9 Å². The van der Waals surface area contributed by atoms with Gasteiger partial charge >= 0.3 is 5.82 Å². The van der Waals surface area contributed by atoms with Crippen LogP contribution in [-0.4, -0.2) is 19.5 Å². The Hall–Kier alpha value is -1.98. The second kappa shape index (κ2) is 2.51. The van der Waals surface area contributed by atoms with E-state index in [1.54, 1.807) is 19.1 Å². The standard InChI is InChI=1S/C7H6N4O2/c1-5-2-3-6-8-4-7(11(12)13)10(6)9-5/h2-4H,1H3. The summed E-state index contributed by atoms with van der Waals surface area (Å²) in [7, 11) is 0. The highest BCUT2D eigenvalue weighted by atomic mass is 16.6. The fourth-order valence-electron chi connectivity index (χ4n) is 1.08. The molecular weight excluding hydrogens is 172 g/mol. The van der Waals surface area contributed by atoms with Crippen LogP contribution in [0.2, 0.25) is 0 Å². The maximum atomic E-state index is 10.5. The maximum Gasteiger partial charge on any atom is 0.368 e. The normalized spacial score (nSPS) is 10.5. The van der Waals surface area contributed by atoms with Gasteiger partial charge in [0.05, 0.1) is 5.69 Å². The van der Waals surface area contributed by atoms with Crippen molar-refractivity contribution in [2.75, 3.05) is 0 Å². The van der Waals surface area contributed by atoms with Gasteiger partial charge in [0.25, 0.3) is 0 Å². The van der Waals surface area contributed by atoms with E-state index in [0.717, 1.165) is 0 Å². The molecule has 0 aliphatic heterocycles.